The molecule has 0 aromatic heterocycles. The Morgan fingerprint density at radius 3 is 2.67 bits per heavy atom. The molecular formula is C19H16F2N2O4. The minimum Gasteiger partial charge on any atom is -0.482 e. The molecule has 140 valence electrons. The van der Waals surface area contributed by atoms with Crippen LogP contribution in [-0.4, -0.2) is 30.7 Å². The molecule has 0 spiro atoms. The summed E-state index contributed by atoms with van der Waals surface area (Å²) in [5.74, 6) is -2.59. The number of carbonyl (C=O) groups excluding carboxylic acids is 3. The highest BCUT2D eigenvalue weighted by Crippen LogP contribution is 2.33. The van der Waals surface area contributed by atoms with Gasteiger partial charge in [0.15, 0.2) is 12.4 Å². The van der Waals surface area contributed by atoms with Gasteiger partial charge in [-0.1, -0.05) is 6.92 Å². The molecule has 0 atom stereocenters. The number of rotatable bonds is 5. The van der Waals surface area contributed by atoms with Crippen LogP contribution >= 0.6 is 0 Å². The number of carbonyl (C=O) groups is 3. The van der Waals surface area contributed by atoms with Crippen LogP contribution in [0.5, 0.6) is 5.75 Å². The van der Waals surface area contributed by atoms with E-state index in [1.807, 2.05) is 0 Å². The van der Waals surface area contributed by atoms with Crippen LogP contribution in [-0.2, 0) is 9.59 Å². The van der Waals surface area contributed by atoms with Gasteiger partial charge in [-0.05, 0) is 30.3 Å². The van der Waals surface area contributed by atoms with Crippen LogP contribution in [0.4, 0.5) is 20.2 Å². The Balaban J connectivity index is 1.83. The highest BCUT2D eigenvalue weighted by molar-refractivity contribution is 6.06. The summed E-state index contributed by atoms with van der Waals surface area (Å²) in [6.07, 6.45) is 0.290. The minimum atomic E-state index is -0.923. The van der Waals surface area contributed by atoms with E-state index in [0.717, 1.165) is 12.1 Å². The van der Waals surface area contributed by atoms with Crippen LogP contribution in [0.15, 0.2) is 36.4 Å². The van der Waals surface area contributed by atoms with E-state index in [1.165, 1.54) is 11.0 Å². The lowest BCUT2D eigenvalue weighted by Gasteiger charge is -2.29. The number of amides is 2. The molecule has 0 aliphatic carbocycles. The first kappa shape index (κ1) is 18.5. The topological polar surface area (TPSA) is 75.7 Å². The van der Waals surface area contributed by atoms with Gasteiger partial charge in [-0.25, -0.2) is 8.78 Å². The van der Waals surface area contributed by atoms with Crippen LogP contribution in [0.25, 0.3) is 0 Å². The predicted octanol–water partition coefficient (Wildman–Crippen LogP) is 2.92. The lowest BCUT2D eigenvalue weighted by Crippen LogP contribution is -2.43. The third-order valence-corrected chi connectivity index (χ3v) is 4.05. The van der Waals surface area contributed by atoms with Crippen LogP contribution in [0, 0.1) is 11.6 Å². The van der Waals surface area contributed by atoms with E-state index >= 15 is 0 Å². The number of hydrogen-bond donors (Lipinski definition) is 1. The number of nitrogens with zero attached hydrogens (tertiary/aromatic N) is 1. The van der Waals surface area contributed by atoms with Crippen molar-refractivity contribution in [2.45, 2.75) is 13.3 Å². The standard InChI is InChI=1S/C19H16F2N2O4/c1-2-16(24)11-3-6-17-15(7-11)23(19(26)10-27-17)9-18(25)22-14-5-4-12(20)8-13(14)21/h3-8H,2,9-10H2,1H3,(H,22,25). The second-order valence-corrected chi connectivity index (χ2v) is 5.90. The summed E-state index contributed by atoms with van der Waals surface area (Å²) in [6, 6.07) is 7.39. The van der Waals surface area contributed by atoms with Crippen molar-refractivity contribution in [1.29, 1.82) is 0 Å². The van der Waals surface area contributed by atoms with Gasteiger partial charge in [0, 0.05) is 18.1 Å². The number of nitrogens with one attached hydrogen (secondary N) is 1. The number of fused-ring (bicyclic) bond motifs is 1. The number of Topliss-reactive ketones (excluding diaryl/α,β-unsaturated/α-hetero) is 1. The molecule has 0 saturated carbocycles. The normalized spacial score (nSPS) is 13.0. The predicted molar refractivity (Wildman–Crippen MR) is 93.9 cm³/mol. The molecular weight excluding hydrogens is 358 g/mol. The SMILES string of the molecule is CCC(=O)c1ccc2c(c1)N(CC(=O)Nc1ccc(F)cc1F)C(=O)CO2. The van der Waals surface area contributed by atoms with Gasteiger partial charge in [0.2, 0.25) is 5.91 Å². The summed E-state index contributed by atoms with van der Waals surface area (Å²) < 4.78 is 32.0. The van der Waals surface area contributed by atoms with Gasteiger partial charge >= 0.3 is 0 Å². The third kappa shape index (κ3) is 3.94. The average Bonchev–Trinajstić information content (AvgIpc) is 2.65. The number of ether oxygens (including phenoxy) is 1. The monoisotopic (exact) mass is 374 g/mol. The Bertz CT molecular complexity index is 930. The molecule has 0 saturated heterocycles. The fourth-order valence-corrected chi connectivity index (χ4v) is 2.68. The van der Waals surface area contributed by atoms with Gasteiger partial charge in [0.05, 0.1) is 11.4 Å². The van der Waals surface area contributed by atoms with E-state index in [4.69, 9.17) is 4.74 Å². The first-order valence-corrected chi connectivity index (χ1v) is 8.24. The van der Waals surface area contributed by atoms with E-state index in [2.05, 4.69) is 5.32 Å². The summed E-state index contributed by atoms with van der Waals surface area (Å²) in [5, 5.41) is 2.30. The van der Waals surface area contributed by atoms with E-state index in [1.54, 1.807) is 19.1 Å². The van der Waals surface area contributed by atoms with Gasteiger partial charge in [-0.2, -0.15) is 0 Å². The van der Waals surface area contributed by atoms with Crippen molar-refractivity contribution in [1.82, 2.24) is 0 Å². The molecule has 27 heavy (non-hydrogen) atoms. The maximum atomic E-state index is 13.7. The molecule has 1 N–H and O–H groups in total. The zero-order valence-electron chi connectivity index (χ0n) is 14.4. The molecule has 6 nitrogen and oxygen atoms in total. The van der Waals surface area contributed by atoms with Gasteiger partial charge in [0.25, 0.3) is 5.91 Å². The summed E-state index contributed by atoms with van der Waals surface area (Å²) in [4.78, 5) is 37.6. The van der Waals surface area contributed by atoms with Crippen molar-refractivity contribution >= 4 is 29.0 Å². The summed E-state index contributed by atoms with van der Waals surface area (Å²) in [7, 11) is 0. The van der Waals surface area contributed by atoms with Gasteiger partial charge < -0.3 is 10.1 Å². The van der Waals surface area contributed by atoms with E-state index in [9.17, 15) is 23.2 Å². The molecule has 0 bridgehead atoms. The fraction of sp³-hybridized carbons (Fsp3) is 0.211. The lowest BCUT2D eigenvalue weighted by molar-refractivity contribution is -0.123. The summed E-state index contributed by atoms with van der Waals surface area (Å²) in [5.41, 5.74) is 0.488. The first-order chi connectivity index (χ1) is 12.9. The average molecular weight is 374 g/mol. The maximum Gasteiger partial charge on any atom is 0.265 e. The Kier molecular flexibility index (Phi) is 5.16. The smallest absolute Gasteiger partial charge is 0.265 e. The number of ketones is 1. The molecule has 2 aromatic carbocycles. The summed E-state index contributed by atoms with van der Waals surface area (Å²) in [6.45, 7) is 1.05. The second kappa shape index (κ2) is 7.53. The van der Waals surface area contributed by atoms with Crippen LogP contribution < -0.4 is 15.0 Å². The first-order valence-electron chi connectivity index (χ1n) is 8.24. The quantitative estimate of drug-likeness (QED) is 0.817. The van der Waals surface area contributed by atoms with Gasteiger partial charge in [-0.15, -0.1) is 0 Å². The molecule has 0 unspecified atom stereocenters. The van der Waals surface area contributed by atoms with E-state index in [0.29, 0.717) is 23.1 Å². The Morgan fingerprint density at radius 1 is 1.19 bits per heavy atom. The largest absolute Gasteiger partial charge is 0.482 e. The van der Waals surface area contributed by atoms with Crippen molar-refractivity contribution in [3.63, 3.8) is 0 Å². The molecule has 8 heteroatoms. The molecule has 0 radical (unpaired) electrons. The Labute approximate surface area is 153 Å². The molecule has 2 amide bonds. The minimum absolute atomic E-state index is 0.117. The van der Waals surface area contributed by atoms with Crippen LogP contribution in [0.2, 0.25) is 0 Å². The Hall–Kier alpha value is -3.29. The van der Waals surface area contributed by atoms with Crippen molar-refractivity contribution in [3.8, 4) is 5.75 Å². The molecule has 1 aliphatic heterocycles. The molecule has 3 rings (SSSR count). The zero-order valence-corrected chi connectivity index (χ0v) is 14.4. The number of benzene rings is 2. The lowest BCUT2D eigenvalue weighted by atomic mass is 10.1. The van der Waals surface area contributed by atoms with Crippen molar-refractivity contribution in [2.75, 3.05) is 23.4 Å². The summed E-state index contributed by atoms with van der Waals surface area (Å²) >= 11 is 0. The fourth-order valence-electron chi connectivity index (χ4n) is 2.68. The van der Waals surface area contributed by atoms with Crippen molar-refractivity contribution < 1.29 is 27.9 Å². The van der Waals surface area contributed by atoms with Crippen molar-refractivity contribution in [2.24, 2.45) is 0 Å². The zero-order chi connectivity index (χ0) is 19.6. The highest BCUT2D eigenvalue weighted by atomic mass is 19.1. The molecule has 1 heterocycles. The molecule has 0 fully saturated rings. The molecule has 2 aromatic rings. The Morgan fingerprint density at radius 2 is 1.96 bits per heavy atom. The number of anilines is 2. The third-order valence-electron chi connectivity index (χ3n) is 4.05. The van der Waals surface area contributed by atoms with E-state index in [-0.39, 0.29) is 24.5 Å². The second-order valence-electron chi connectivity index (χ2n) is 5.90. The van der Waals surface area contributed by atoms with Gasteiger partial charge in [0.1, 0.15) is 23.9 Å². The van der Waals surface area contributed by atoms with Crippen LogP contribution in [0.3, 0.4) is 0 Å². The van der Waals surface area contributed by atoms with E-state index < -0.39 is 30.0 Å². The molecule has 1 aliphatic rings. The number of halogens is 2. The van der Waals surface area contributed by atoms with Crippen LogP contribution in [0.1, 0.15) is 23.7 Å². The van der Waals surface area contributed by atoms with Gasteiger partial charge in [-0.3, -0.25) is 19.3 Å². The highest BCUT2D eigenvalue weighted by Gasteiger charge is 2.28. The van der Waals surface area contributed by atoms with Crippen molar-refractivity contribution in [3.05, 3.63) is 53.6 Å². The number of hydrogen-bond acceptors (Lipinski definition) is 4. The maximum absolute atomic E-state index is 13.7.